The third kappa shape index (κ3) is 3.44. The molecule has 9 heteroatoms. The molecule has 1 heterocycles. The van der Waals surface area contributed by atoms with Gasteiger partial charge in [-0.05, 0) is 26.0 Å². The van der Waals surface area contributed by atoms with E-state index < -0.39 is 0 Å². The Hall–Kier alpha value is -1.76. The van der Waals surface area contributed by atoms with E-state index in [-0.39, 0.29) is 39.2 Å². The lowest BCUT2D eigenvalue weighted by Gasteiger charge is -2.22. The number of hydrogen-bond acceptors (Lipinski definition) is 5. The van der Waals surface area contributed by atoms with Crippen LogP contribution < -0.4 is 16.4 Å². The Bertz CT molecular complexity index is 767. The van der Waals surface area contributed by atoms with Crippen LogP contribution in [0.4, 0.5) is 17.5 Å². The van der Waals surface area contributed by atoms with Crippen LogP contribution in [0.1, 0.15) is 13.8 Å². The molecule has 1 aromatic heterocycles. The van der Waals surface area contributed by atoms with Crippen molar-refractivity contribution in [2.45, 2.75) is 19.9 Å². The molecular weight excluding hydrogens is 361 g/mol. The minimum Gasteiger partial charge on any atom is -0.382 e. The normalized spacial score (nSPS) is 10.9. The van der Waals surface area contributed by atoms with E-state index in [0.29, 0.717) is 17.0 Å². The Kier molecular flexibility index (Phi) is 5.19. The largest absolute Gasteiger partial charge is 0.382 e. The number of rotatable bonds is 4. The predicted molar refractivity (Wildman–Crippen MR) is 95.0 cm³/mol. The highest BCUT2D eigenvalue weighted by molar-refractivity contribution is 6.45. The van der Waals surface area contributed by atoms with Crippen molar-refractivity contribution in [2.75, 3.05) is 16.4 Å². The minimum atomic E-state index is -0.168. The fourth-order valence-corrected chi connectivity index (χ4v) is 2.68. The zero-order valence-corrected chi connectivity index (χ0v) is 14.6. The summed E-state index contributed by atoms with van der Waals surface area (Å²) < 4.78 is 0. The molecule has 0 aliphatic carbocycles. The van der Waals surface area contributed by atoms with E-state index in [1.807, 2.05) is 13.8 Å². The Morgan fingerprint density at radius 2 is 1.78 bits per heavy atom. The lowest BCUT2D eigenvalue weighted by Crippen LogP contribution is -2.31. The van der Waals surface area contributed by atoms with E-state index >= 15 is 0 Å². The molecule has 0 bridgehead atoms. The molecule has 1 amide bonds. The smallest absolute Gasteiger partial charge is 0.215 e. The highest BCUT2D eigenvalue weighted by Gasteiger charge is 2.21. The van der Waals surface area contributed by atoms with E-state index in [4.69, 9.17) is 46.3 Å². The van der Waals surface area contributed by atoms with Crippen LogP contribution in [0.25, 0.3) is 11.3 Å². The SMILES string of the molecule is CC(C)N(C=O)c1nc(-c2cc(Cl)cc(Cl)c2Cl)c(N)nc1N. The fourth-order valence-electron chi connectivity index (χ4n) is 1.99. The number of anilines is 3. The quantitative estimate of drug-likeness (QED) is 0.629. The molecule has 0 unspecified atom stereocenters. The summed E-state index contributed by atoms with van der Waals surface area (Å²) in [6.07, 6.45) is 0.623. The zero-order valence-electron chi connectivity index (χ0n) is 12.3. The van der Waals surface area contributed by atoms with E-state index in [2.05, 4.69) is 9.97 Å². The van der Waals surface area contributed by atoms with Gasteiger partial charge in [0.05, 0.1) is 10.0 Å². The number of amides is 1. The molecule has 0 aliphatic heterocycles. The molecule has 0 radical (unpaired) electrons. The number of aromatic nitrogens is 2. The average molecular weight is 375 g/mol. The molecule has 0 aliphatic rings. The summed E-state index contributed by atoms with van der Waals surface area (Å²) in [5, 5.41) is 0.852. The Balaban J connectivity index is 2.72. The molecule has 122 valence electrons. The molecule has 0 spiro atoms. The lowest BCUT2D eigenvalue weighted by atomic mass is 10.1. The number of nitrogens with zero attached hydrogens (tertiary/aromatic N) is 3. The first kappa shape index (κ1) is 17.6. The van der Waals surface area contributed by atoms with Gasteiger partial charge in [0.15, 0.2) is 17.5 Å². The first-order chi connectivity index (χ1) is 10.8. The van der Waals surface area contributed by atoms with E-state index in [1.165, 1.54) is 11.0 Å². The van der Waals surface area contributed by atoms with Crippen molar-refractivity contribution in [1.29, 1.82) is 0 Å². The van der Waals surface area contributed by atoms with Gasteiger partial charge in [-0.3, -0.25) is 9.69 Å². The van der Waals surface area contributed by atoms with Gasteiger partial charge in [0, 0.05) is 16.6 Å². The summed E-state index contributed by atoms with van der Waals surface area (Å²) in [6.45, 7) is 3.63. The number of carbonyl (C=O) groups excluding carboxylic acids is 1. The number of nitrogen functional groups attached to an aromatic ring is 2. The maximum atomic E-state index is 11.3. The minimum absolute atomic E-state index is 0.0382. The molecular formula is C14H14Cl3N5O. The van der Waals surface area contributed by atoms with Gasteiger partial charge in [0.2, 0.25) is 6.41 Å². The predicted octanol–water partition coefficient (Wildman–Crippen LogP) is 3.64. The van der Waals surface area contributed by atoms with Gasteiger partial charge < -0.3 is 11.5 Å². The van der Waals surface area contributed by atoms with Gasteiger partial charge in [-0.2, -0.15) is 0 Å². The third-order valence-corrected chi connectivity index (χ3v) is 4.11. The summed E-state index contributed by atoms with van der Waals surface area (Å²) in [5.74, 6) is 0.281. The van der Waals surface area contributed by atoms with Gasteiger partial charge in [0.1, 0.15) is 5.69 Å². The van der Waals surface area contributed by atoms with Gasteiger partial charge in [-0.25, -0.2) is 9.97 Å². The second-order valence-corrected chi connectivity index (χ2v) is 6.24. The summed E-state index contributed by atoms with van der Waals surface area (Å²) in [6, 6.07) is 2.90. The average Bonchev–Trinajstić information content (AvgIpc) is 2.45. The van der Waals surface area contributed by atoms with Gasteiger partial charge in [-0.15, -0.1) is 0 Å². The van der Waals surface area contributed by atoms with Crippen LogP contribution in [0.3, 0.4) is 0 Å². The Morgan fingerprint density at radius 1 is 1.13 bits per heavy atom. The Labute approximate surface area is 148 Å². The standard InChI is InChI=1S/C14H14Cl3N5O/c1-6(2)22(5-23)14-13(19)21-12(18)11(20-14)8-3-7(15)4-9(16)10(8)17/h3-6H,1-2H3,(H4,18,19,21). The van der Waals surface area contributed by atoms with Crippen molar-refractivity contribution in [1.82, 2.24) is 9.97 Å². The summed E-state index contributed by atoms with van der Waals surface area (Å²) in [7, 11) is 0. The van der Waals surface area contributed by atoms with Crippen LogP contribution in [0.5, 0.6) is 0 Å². The van der Waals surface area contributed by atoms with Crippen molar-refractivity contribution in [2.24, 2.45) is 0 Å². The monoisotopic (exact) mass is 373 g/mol. The molecule has 23 heavy (non-hydrogen) atoms. The van der Waals surface area contributed by atoms with Gasteiger partial charge >= 0.3 is 0 Å². The first-order valence-corrected chi connectivity index (χ1v) is 7.71. The van der Waals surface area contributed by atoms with Crippen molar-refractivity contribution >= 4 is 58.7 Å². The molecule has 2 rings (SSSR count). The van der Waals surface area contributed by atoms with Crippen LogP contribution in [-0.2, 0) is 4.79 Å². The molecule has 1 aromatic carbocycles. The molecule has 0 atom stereocenters. The van der Waals surface area contributed by atoms with Crippen LogP contribution in [-0.4, -0.2) is 22.4 Å². The lowest BCUT2D eigenvalue weighted by molar-refractivity contribution is -0.107. The summed E-state index contributed by atoms with van der Waals surface area (Å²) in [4.78, 5) is 21.1. The van der Waals surface area contributed by atoms with E-state index in [0.717, 1.165) is 0 Å². The molecule has 0 fully saturated rings. The first-order valence-electron chi connectivity index (χ1n) is 6.57. The molecule has 0 saturated heterocycles. The Morgan fingerprint density at radius 3 is 2.35 bits per heavy atom. The van der Waals surface area contributed by atoms with Crippen molar-refractivity contribution in [3.8, 4) is 11.3 Å². The number of nitrogens with two attached hydrogens (primary N) is 2. The number of hydrogen-bond donors (Lipinski definition) is 2. The molecule has 2 aromatic rings. The number of benzene rings is 1. The summed E-state index contributed by atoms with van der Waals surface area (Å²) in [5.41, 5.74) is 12.4. The topological polar surface area (TPSA) is 98.1 Å². The molecule has 0 saturated carbocycles. The second-order valence-electron chi connectivity index (χ2n) is 5.02. The number of halogens is 3. The third-order valence-electron chi connectivity index (χ3n) is 3.09. The second kappa shape index (κ2) is 6.78. The van der Waals surface area contributed by atoms with Crippen LogP contribution in [0, 0.1) is 0 Å². The van der Waals surface area contributed by atoms with Crippen LogP contribution in [0.15, 0.2) is 12.1 Å². The zero-order chi connectivity index (χ0) is 17.3. The van der Waals surface area contributed by atoms with E-state index in [9.17, 15) is 4.79 Å². The van der Waals surface area contributed by atoms with E-state index in [1.54, 1.807) is 6.07 Å². The highest BCUT2D eigenvalue weighted by Crippen LogP contribution is 2.38. The van der Waals surface area contributed by atoms with Crippen molar-refractivity contribution in [3.05, 3.63) is 27.2 Å². The highest BCUT2D eigenvalue weighted by atomic mass is 35.5. The fraction of sp³-hybridized carbons (Fsp3) is 0.214. The van der Waals surface area contributed by atoms with Crippen LogP contribution in [0.2, 0.25) is 15.1 Å². The molecule has 4 N–H and O–H groups in total. The van der Waals surface area contributed by atoms with Gasteiger partial charge in [0.25, 0.3) is 0 Å². The summed E-state index contributed by atoms with van der Waals surface area (Å²) >= 11 is 18.3. The van der Waals surface area contributed by atoms with Crippen LogP contribution >= 0.6 is 34.8 Å². The maximum absolute atomic E-state index is 11.3. The van der Waals surface area contributed by atoms with Gasteiger partial charge in [-0.1, -0.05) is 34.8 Å². The van der Waals surface area contributed by atoms with Crippen molar-refractivity contribution < 1.29 is 4.79 Å². The molecule has 6 nitrogen and oxygen atoms in total. The van der Waals surface area contributed by atoms with Crippen molar-refractivity contribution in [3.63, 3.8) is 0 Å². The number of carbonyl (C=O) groups is 1. The maximum Gasteiger partial charge on any atom is 0.215 e.